The van der Waals surface area contributed by atoms with E-state index in [1.54, 1.807) is 24.3 Å². The Morgan fingerprint density at radius 2 is 1.74 bits per heavy atom. The van der Waals surface area contributed by atoms with Crippen molar-refractivity contribution in [2.75, 3.05) is 5.32 Å². The molecule has 0 unspecified atom stereocenters. The number of hydrogen-bond acceptors (Lipinski definition) is 4. The van der Waals surface area contributed by atoms with Crippen LogP contribution < -0.4 is 16.2 Å². The first kappa shape index (κ1) is 23.3. The van der Waals surface area contributed by atoms with E-state index < -0.39 is 22.9 Å². The second-order valence-corrected chi connectivity index (χ2v) is 8.18. The van der Waals surface area contributed by atoms with E-state index >= 15 is 0 Å². The van der Waals surface area contributed by atoms with Gasteiger partial charge in [0, 0.05) is 10.6 Å². The van der Waals surface area contributed by atoms with Crippen LogP contribution in [-0.4, -0.2) is 21.1 Å². The van der Waals surface area contributed by atoms with Crippen molar-refractivity contribution >= 4 is 34.4 Å². The third-order valence-electron chi connectivity index (χ3n) is 4.66. The number of para-hydroxylation sites is 1. The van der Waals surface area contributed by atoms with E-state index in [0.717, 1.165) is 0 Å². The number of halogens is 4. The van der Waals surface area contributed by atoms with E-state index in [1.807, 2.05) is 0 Å². The first-order valence-corrected chi connectivity index (χ1v) is 10.7. The van der Waals surface area contributed by atoms with Crippen LogP contribution in [0.4, 0.5) is 28.0 Å². The van der Waals surface area contributed by atoms with E-state index in [4.69, 9.17) is 0 Å². The van der Waals surface area contributed by atoms with Crippen LogP contribution >= 0.6 is 11.8 Å². The van der Waals surface area contributed by atoms with Gasteiger partial charge < -0.3 is 10.6 Å². The first-order valence-electron chi connectivity index (χ1n) is 9.87. The van der Waals surface area contributed by atoms with Crippen LogP contribution in [-0.2, 0) is 6.54 Å². The molecule has 34 heavy (non-hydrogen) atoms. The molecule has 2 amide bonds. The molecule has 3 aromatic carbocycles. The highest BCUT2D eigenvalue weighted by Crippen LogP contribution is 2.37. The number of alkyl halides is 3. The van der Waals surface area contributed by atoms with Crippen LogP contribution in [0.3, 0.4) is 0 Å². The average molecular weight is 488 g/mol. The van der Waals surface area contributed by atoms with Crippen molar-refractivity contribution < 1.29 is 22.4 Å². The zero-order valence-corrected chi connectivity index (χ0v) is 18.1. The molecule has 0 radical (unpaired) electrons. The zero-order valence-electron chi connectivity index (χ0n) is 17.3. The molecule has 4 rings (SSSR count). The van der Waals surface area contributed by atoms with Gasteiger partial charge in [-0.25, -0.2) is 14.2 Å². The Bertz CT molecular complexity index is 1410. The van der Waals surface area contributed by atoms with Crippen molar-refractivity contribution in [1.29, 1.82) is 0 Å². The Morgan fingerprint density at radius 3 is 2.47 bits per heavy atom. The fraction of sp³-hybridized carbons (Fsp3) is 0.0870. The Kier molecular flexibility index (Phi) is 6.55. The van der Waals surface area contributed by atoms with Crippen molar-refractivity contribution in [1.82, 2.24) is 14.9 Å². The van der Waals surface area contributed by atoms with E-state index in [1.165, 1.54) is 53.1 Å². The summed E-state index contributed by atoms with van der Waals surface area (Å²) >= 11 is -0.291. The van der Waals surface area contributed by atoms with Gasteiger partial charge in [0.1, 0.15) is 11.6 Å². The number of hydrogen-bond donors (Lipinski definition) is 2. The molecule has 0 aliphatic heterocycles. The number of rotatable bonds is 5. The van der Waals surface area contributed by atoms with Gasteiger partial charge in [0.05, 0.1) is 23.1 Å². The van der Waals surface area contributed by atoms with Gasteiger partial charge in [0.2, 0.25) is 0 Å². The van der Waals surface area contributed by atoms with Gasteiger partial charge in [0.25, 0.3) is 5.56 Å². The SMILES string of the molecule is O=C(NCc1nc2ccccc2c(=O)n1-c1ccc(F)cc1)Nc1cccc(SC(F)(F)F)c1. The van der Waals surface area contributed by atoms with E-state index in [-0.39, 0.29) is 34.7 Å². The lowest BCUT2D eigenvalue weighted by Gasteiger charge is -2.15. The number of benzene rings is 3. The van der Waals surface area contributed by atoms with Crippen LogP contribution in [0.1, 0.15) is 5.82 Å². The Morgan fingerprint density at radius 1 is 1.00 bits per heavy atom. The normalized spacial score (nSPS) is 11.4. The number of thioether (sulfide) groups is 1. The van der Waals surface area contributed by atoms with E-state index in [0.29, 0.717) is 16.6 Å². The van der Waals surface area contributed by atoms with Gasteiger partial charge in [-0.2, -0.15) is 13.2 Å². The molecule has 2 N–H and O–H groups in total. The second-order valence-electron chi connectivity index (χ2n) is 7.05. The highest BCUT2D eigenvalue weighted by molar-refractivity contribution is 8.00. The summed E-state index contributed by atoms with van der Waals surface area (Å²) in [6, 6.07) is 16.5. The maximum absolute atomic E-state index is 13.4. The monoisotopic (exact) mass is 488 g/mol. The van der Waals surface area contributed by atoms with Crippen LogP contribution in [0.5, 0.6) is 0 Å². The Balaban J connectivity index is 1.58. The third kappa shape index (κ3) is 5.54. The van der Waals surface area contributed by atoms with Crippen LogP contribution in [0.15, 0.2) is 82.5 Å². The number of nitrogens with zero attached hydrogens (tertiary/aromatic N) is 2. The summed E-state index contributed by atoms with van der Waals surface area (Å²) in [6.45, 7) is -0.180. The lowest BCUT2D eigenvalue weighted by atomic mass is 10.2. The number of amides is 2. The number of anilines is 1. The minimum atomic E-state index is -4.45. The molecule has 0 aliphatic carbocycles. The fourth-order valence-electron chi connectivity index (χ4n) is 3.26. The second kappa shape index (κ2) is 9.56. The Hall–Kier alpha value is -3.86. The summed E-state index contributed by atoms with van der Waals surface area (Å²) in [5.41, 5.74) is -3.91. The molecule has 0 bridgehead atoms. The molecule has 0 saturated heterocycles. The predicted molar refractivity (Wildman–Crippen MR) is 122 cm³/mol. The summed E-state index contributed by atoms with van der Waals surface area (Å²) in [5.74, 6) is -0.289. The highest BCUT2D eigenvalue weighted by Gasteiger charge is 2.29. The minimum absolute atomic E-state index is 0.0772. The first-order chi connectivity index (χ1) is 16.2. The zero-order chi connectivity index (χ0) is 24.3. The van der Waals surface area contributed by atoms with Crippen molar-refractivity contribution in [2.24, 2.45) is 0 Å². The standard InChI is InChI=1S/C23H16F4N4O2S/c24-14-8-10-16(11-9-14)31-20(30-19-7-2-1-6-18(19)21(31)32)13-28-22(33)29-15-4-3-5-17(12-15)34-23(25,26)27/h1-12H,13H2,(H2,28,29,33). The van der Waals surface area contributed by atoms with Gasteiger partial charge in [-0.1, -0.05) is 18.2 Å². The van der Waals surface area contributed by atoms with Crippen LogP contribution in [0.2, 0.25) is 0 Å². The predicted octanol–water partition coefficient (Wildman–Crippen LogP) is 5.46. The van der Waals surface area contributed by atoms with E-state index in [2.05, 4.69) is 15.6 Å². The number of carbonyl (C=O) groups excluding carboxylic acids is 1. The molecule has 11 heteroatoms. The topological polar surface area (TPSA) is 76.0 Å². The van der Waals surface area contributed by atoms with Gasteiger partial charge in [-0.3, -0.25) is 9.36 Å². The average Bonchev–Trinajstić information content (AvgIpc) is 2.78. The molecule has 6 nitrogen and oxygen atoms in total. The minimum Gasteiger partial charge on any atom is -0.331 e. The van der Waals surface area contributed by atoms with Gasteiger partial charge in [0.15, 0.2) is 0 Å². The van der Waals surface area contributed by atoms with Crippen LogP contribution in [0, 0.1) is 5.82 Å². The molecule has 0 atom stereocenters. The number of fused-ring (bicyclic) bond motifs is 1. The summed E-state index contributed by atoms with van der Waals surface area (Å²) in [7, 11) is 0. The number of aromatic nitrogens is 2. The maximum Gasteiger partial charge on any atom is 0.446 e. The summed E-state index contributed by atoms with van der Waals surface area (Å²) in [4.78, 5) is 29.9. The molecule has 1 aromatic heterocycles. The summed E-state index contributed by atoms with van der Waals surface area (Å²) in [6.07, 6.45) is 0. The highest BCUT2D eigenvalue weighted by atomic mass is 32.2. The quantitative estimate of drug-likeness (QED) is 0.289. The van der Waals surface area contributed by atoms with Gasteiger partial charge in [-0.15, -0.1) is 0 Å². The smallest absolute Gasteiger partial charge is 0.331 e. The third-order valence-corrected chi connectivity index (χ3v) is 5.38. The van der Waals surface area contributed by atoms with Gasteiger partial charge >= 0.3 is 11.5 Å². The van der Waals surface area contributed by atoms with Crippen LogP contribution in [0.25, 0.3) is 16.6 Å². The number of urea groups is 1. The molecule has 1 heterocycles. The Labute approximate surface area is 194 Å². The van der Waals surface area contributed by atoms with Gasteiger partial charge in [-0.05, 0) is 66.4 Å². The lowest BCUT2D eigenvalue weighted by molar-refractivity contribution is -0.0328. The van der Waals surface area contributed by atoms with Crippen molar-refractivity contribution in [2.45, 2.75) is 16.9 Å². The molecule has 174 valence electrons. The summed E-state index contributed by atoms with van der Waals surface area (Å²) < 4.78 is 52.5. The maximum atomic E-state index is 13.4. The lowest BCUT2D eigenvalue weighted by Crippen LogP contribution is -2.32. The van der Waals surface area contributed by atoms with E-state index in [9.17, 15) is 27.2 Å². The van der Waals surface area contributed by atoms with Crippen molar-refractivity contribution in [3.05, 3.63) is 94.8 Å². The molecular weight excluding hydrogens is 472 g/mol. The molecule has 4 aromatic rings. The number of nitrogens with one attached hydrogen (secondary N) is 2. The van der Waals surface area contributed by atoms with Crippen molar-refractivity contribution in [3.63, 3.8) is 0 Å². The molecular formula is C23H16F4N4O2S. The molecule has 0 fully saturated rings. The number of carbonyl (C=O) groups is 1. The van der Waals surface area contributed by atoms with Crippen molar-refractivity contribution in [3.8, 4) is 5.69 Å². The molecule has 0 aliphatic rings. The summed E-state index contributed by atoms with van der Waals surface area (Å²) in [5, 5.41) is 5.36. The molecule has 0 saturated carbocycles. The molecule has 0 spiro atoms. The largest absolute Gasteiger partial charge is 0.446 e. The fourth-order valence-corrected chi connectivity index (χ4v) is 3.86.